The van der Waals surface area contributed by atoms with Gasteiger partial charge in [-0.05, 0) is 44.4 Å². The fraction of sp³-hybridized carbons (Fsp3) is 0.571. The maximum absolute atomic E-state index is 12.7. The van der Waals surface area contributed by atoms with Crippen LogP contribution in [-0.4, -0.2) is 19.7 Å². The number of benzene rings is 1. The Bertz CT molecular complexity index is 425. The maximum Gasteiger partial charge on any atom is 0.416 e. The van der Waals surface area contributed by atoms with Gasteiger partial charge >= 0.3 is 6.18 Å². The highest BCUT2D eigenvalue weighted by Crippen LogP contribution is 2.37. The van der Waals surface area contributed by atoms with Gasteiger partial charge < -0.3 is 9.64 Å². The van der Waals surface area contributed by atoms with Gasteiger partial charge in [-0.2, -0.15) is 13.2 Å². The number of hydrogen-bond donors (Lipinski definition) is 0. The highest BCUT2D eigenvalue weighted by atomic mass is 19.4. The van der Waals surface area contributed by atoms with Crippen molar-refractivity contribution < 1.29 is 17.9 Å². The number of anilines is 1. The molecule has 1 aliphatic rings. The Morgan fingerprint density at radius 2 is 1.84 bits per heavy atom. The van der Waals surface area contributed by atoms with E-state index in [2.05, 4.69) is 4.90 Å². The van der Waals surface area contributed by atoms with Gasteiger partial charge in [0.15, 0.2) is 0 Å². The van der Waals surface area contributed by atoms with Gasteiger partial charge in [0.1, 0.15) is 5.75 Å². The first-order chi connectivity index (χ1) is 9.02. The average Bonchev–Trinajstić information content (AvgIpc) is 2.39. The molecule has 2 rings (SSSR count). The van der Waals surface area contributed by atoms with E-state index in [4.69, 9.17) is 4.74 Å². The highest BCUT2D eigenvalue weighted by Gasteiger charge is 2.31. The Kier molecular flexibility index (Phi) is 4.22. The number of hydrogen-bond acceptors (Lipinski definition) is 2. The van der Waals surface area contributed by atoms with Gasteiger partial charge in [-0.15, -0.1) is 0 Å². The summed E-state index contributed by atoms with van der Waals surface area (Å²) in [5.74, 6) is 0.333. The lowest BCUT2D eigenvalue weighted by atomic mass is 10.1. The van der Waals surface area contributed by atoms with Crippen molar-refractivity contribution in [3.63, 3.8) is 0 Å². The van der Waals surface area contributed by atoms with Gasteiger partial charge in [0.25, 0.3) is 0 Å². The first-order valence-corrected chi connectivity index (χ1v) is 6.61. The smallest absolute Gasteiger partial charge is 0.416 e. The summed E-state index contributed by atoms with van der Waals surface area (Å²) in [4.78, 5) is 2.11. The minimum absolute atomic E-state index is 0.333. The Morgan fingerprint density at radius 1 is 1.16 bits per heavy atom. The summed E-state index contributed by atoms with van der Waals surface area (Å²) in [6.07, 6.45) is -0.993. The number of ether oxygens (including phenoxy) is 1. The number of rotatable bonds is 3. The van der Waals surface area contributed by atoms with E-state index in [1.54, 1.807) is 6.92 Å². The van der Waals surface area contributed by atoms with Crippen molar-refractivity contribution in [2.75, 3.05) is 24.6 Å². The summed E-state index contributed by atoms with van der Waals surface area (Å²) in [5.41, 5.74) is 0.117. The van der Waals surface area contributed by atoms with E-state index in [1.807, 2.05) is 0 Å². The Labute approximate surface area is 111 Å². The van der Waals surface area contributed by atoms with Crippen LogP contribution in [0.1, 0.15) is 31.7 Å². The Morgan fingerprint density at radius 3 is 2.42 bits per heavy atom. The molecular weight excluding hydrogens is 255 g/mol. The van der Waals surface area contributed by atoms with Crippen LogP contribution in [0.4, 0.5) is 18.9 Å². The molecule has 1 aliphatic heterocycles. The van der Waals surface area contributed by atoms with Gasteiger partial charge in [-0.25, -0.2) is 0 Å². The molecule has 0 saturated carbocycles. The van der Waals surface area contributed by atoms with Crippen LogP contribution in [0.3, 0.4) is 0 Å². The van der Waals surface area contributed by atoms with Crippen LogP contribution in [0.5, 0.6) is 5.75 Å². The molecule has 1 aromatic rings. The first kappa shape index (κ1) is 14.0. The van der Waals surface area contributed by atoms with Gasteiger partial charge in [0, 0.05) is 13.1 Å². The average molecular weight is 273 g/mol. The van der Waals surface area contributed by atoms with E-state index >= 15 is 0 Å². The normalized spacial score (nSPS) is 16.5. The predicted octanol–water partition coefficient (Wildman–Crippen LogP) is 4.09. The summed E-state index contributed by atoms with van der Waals surface area (Å²) in [7, 11) is 0. The van der Waals surface area contributed by atoms with Gasteiger partial charge in [-0.3, -0.25) is 0 Å². The summed E-state index contributed by atoms with van der Waals surface area (Å²) >= 11 is 0. The molecule has 2 nitrogen and oxygen atoms in total. The van der Waals surface area contributed by atoms with E-state index in [1.165, 1.54) is 12.5 Å². The third-order valence-electron chi connectivity index (χ3n) is 3.28. The zero-order chi connectivity index (χ0) is 13.9. The monoisotopic (exact) mass is 273 g/mol. The quantitative estimate of drug-likeness (QED) is 0.822. The van der Waals surface area contributed by atoms with Crippen molar-refractivity contribution in [3.8, 4) is 5.75 Å². The SMILES string of the molecule is CCOc1cc(C(F)(F)F)ccc1N1CCCCC1. The fourth-order valence-corrected chi connectivity index (χ4v) is 2.36. The summed E-state index contributed by atoms with van der Waals surface area (Å²) in [6.45, 7) is 3.90. The number of halogens is 3. The number of nitrogens with zero attached hydrogens (tertiary/aromatic N) is 1. The fourth-order valence-electron chi connectivity index (χ4n) is 2.36. The third-order valence-corrected chi connectivity index (χ3v) is 3.28. The van der Waals surface area contributed by atoms with Crippen molar-refractivity contribution in [1.82, 2.24) is 0 Å². The topological polar surface area (TPSA) is 12.5 Å². The molecule has 1 aromatic carbocycles. The number of alkyl halides is 3. The van der Waals surface area contributed by atoms with Crippen molar-refractivity contribution in [2.24, 2.45) is 0 Å². The van der Waals surface area contributed by atoms with Crippen LogP contribution in [-0.2, 0) is 6.18 Å². The molecule has 0 bridgehead atoms. The lowest BCUT2D eigenvalue weighted by Crippen LogP contribution is -2.29. The zero-order valence-electron chi connectivity index (χ0n) is 11.0. The van der Waals surface area contributed by atoms with Crippen LogP contribution in [0.15, 0.2) is 18.2 Å². The van der Waals surface area contributed by atoms with Crippen LogP contribution < -0.4 is 9.64 Å². The molecule has 0 N–H and O–H groups in total. The molecule has 106 valence electrons. The van der Waals surface area contributed by atoms with Crippen molar-refractivity contribution in [3.05, 3.63) is 23.8 Å². The first-order valence-electron chi connectivity index (χ1n) is 6.61. The molecule has 0 atom stereocenters. The minimum Gasteiger partial charge on any atom is -0.492 e. The number of piperidine rings is 1. The van der Waals surface area contributed by atoms with Crippen molar-refractivity contribution in [1.29, 1.82) is 0 Å². The molecule has 0 radical (unpaired) electrons. The third kappa shape index (κ3) is 3.33. The molecule has 1 heterocycles. The largest absolute Gasteiger partial charge is 0.492 e. The molecule has 0 aliphatic carbocycles. The van der Waals surface area contributed by atoms with Crippen molar-refractivity contribution in [2.45, 2.75) is 32.4 Å². The Hall–Kier alpha value is -1.39. The molecule has 1 saturated heterocycles. The standard InChI is InChI=1S/C14H18F3NO/c1-2-19-13-10-11(14(15,16)17)6-7-12(13)18-8-4-3-5-9-18/h6-7,10H,2-5,8-9H2,1H3. The Balaban J connectivity index is 2.31. The molecular formula is C14H18F3NO. The van der Waals surface area contributed by atoms with Crippen LogP contribution >= 0.6 is 0 Å². The van der Waals surface area contributed by atoms with E-state index in [9.17, 15) is 13.2 Å². The lowest BCUT2D eigenvalue weighted by molar-refractivity contribution is -0.137. The van der Waals surface area contributed by atoms with E-state index in [0.29, 0.717) is 12.4 Å². The molecule has 5 heteroatoms. The van der Waals surface area contributed by atoms with Crippen LogP contribution in [0, 0.1) is 0 Å². The summed E-state index contributed by atoms with van der Waals surface area (Å²) in [6, 6.07) is 3.76. The molecule has 0 spiro atoms. The second-order valence-electron chi connectivity index (χ2n) is 4.66. The highest BCUT2D eigenvalue weighted by molar-refractivity contribution is 5.60. The molecule has 0 aromatic heterocycles. The van der Waals surface area contributed by atoms with E-state index < -0.39 is 11.7 Å². The second-order valence-corrected chi connectivity index (χ2v) is 4.66. The van der Waals surface area contributed by atoms with Crippen LogP contribution in [0.2, 0.25) is 0 Å². The predicted molar refractivity (Wildman–Crippen MR) is 68.7 cm³/mol. The van der Waals surface area contributed by atoms with Gasteiger partial charge in [0.2, 0.25) is 0 Å². The summed E-state index contributed by atoms with van der Waals surface area (Å²) < 4.78 is 43.5. The van der Waals surface area contributed by atoms with E-state index in [0.717, 1.165) is 43.8 Å². The second kappa shape index (κ2) is 5.72. The van der Waals surface area contributed by atoms with E-state index in [-0.39, 0.29) is 0 Å². The molecule has 0 unspecified atom stereocenters. The van der Waals surface area contributed by atoms with Crippen LogP contribution in [0.25, 0.3) is 0 Å². The van der Waals surface area contributed by atoms with Crippen molar-refractivity contribution >= 4 is 5.69 Å². The van der Waals surface area contributed by atoms with Gasteiger partial charge in [-0.1, -0.05) is 0 Å². The maximum atomic E-state index is 12.7. The van der Waals surface area contributed by atoms with Gasteiger partial charge in [0.05, 0.1) is 17.9 Å². The lowest BCUT2D eigenvalue weighted by Gasteiger charge is -2.30. The zero-order valence-corrected chi connectivity index (χ0v) is 11.0. The minimum atomic E-state index is -4.33. The molecule has 0 amide bonds. The molecule has 19 heavy (non-hydrogen) atoms. The molecule has 1 fully saturated rings. The summed E-state index contributed by atoms with van der Waals surface area (Å²) in [5, 5.41) is 0.